The molecule has 0 fully saturated rings. The summed E-state index contributed by atoms with van der Waals surface area (Å²) in [7, 11) is 0. The molecule has 0 spiro atoms. The maximum atomic E-state index is 6.67. The van der Waals surface area contributed by atoms with Crippen LogP contribution in [0.2, 0.25) is 0 Å². The van der Waals surface area contributed by atoms with Crippen LogP contribution >= 0.6 is 0 Å². The van der Waals surface area contributed by atoms with E-state index in [-0.39, 0.29) is 6.17 Å². The lowest BCUT2D eigenvalue weighted by molar-refractivity contribution is 0.667. The second-order valence-corrected chi connectivity index (χ2v) is 12.0. The van der Waals surface area contributed by atoms with E-state index in [1.54, 1.807) is 6.20 Å². The number of nitrogens with zero attached hydrogens (tertiary/aromatic N) is 3. The van der Waals surface area contributed by atoms with Gasteiger partial charge in [0.15, 0.2) is 11.4 Å². The monoisotopic (exact) mass is 618 g/mol. The quantitative estimate of drug-likeness (QED) is 0.213. The summed E-state index contributed by atoms with van der Waals surface area (Å²) in [5, 5.41) is 10.1. The van der Waals surface area contributed by atoms with E-state index in [4.69, 9.17) is 18.8 Å². The number of nitrogens with one attached hydrogen (secondary N) is 1. The highest BCUT2D eigenvalue weighted by molar-refractivity contribution is 6.25. The number of rotatable bonds is 4. The summed E-state index contributed by atoms with van der Waals surface area (Å²) in [5.74, 6) is 1.40. The van der Waals surface area contributed by atoms with Crippen molar-refractivity contribution in [2.24, 2.45) is 9.98 Å². The minimum atomic E-state index is -0.349. The second-order valence-electron chi connectivity index (χ2n) is 12.0. The van der Waals surface area contributed by atoms with Crippen LogP contribution in [-0.2, 0) is 0 Å². The lowest BCUT2D eigenvalue weighted by Crippen LogP contribution is -2.33. The topological polar surface area (TPSA) is 75.9 Å². The average molecular weight is 619 g/mol. The molecule has 6 nitrogen and oxygen atoms in total. The summed E-state index contributed by atoms with van der Waals surface area (Å²) in [6.45, 7) is 0. The molecule has 226 valence electrons. The fourth-order valence-electron chi connectivity index (χ4n) is 6.99. The van der Waals surface area contributed by atoms with Crippen LogP contribution in [0.5, 0.6) is 0 Å². The van der Waals surface area contributed by atoms with Gasteiger partial charge in [-0.15, -0.1) is 0 Å². The first-order valence-corrected chi connectivity index (χ1v) is 16.0. The Labute approximate surface area is 274 Å². The lowest BCUT2D eigenvalue weighted by Gasteiger charge is -2.24. The lowest BCUT2D eigenvalue weighted by atomic mass is 9.94. The van der Waals surface area contributed by atoms with Crippen LogP contribution in [0.25, 0.3) is 65.8 Å². The van der Waals surface area contributed by atoms with Crippen LogP contribution in [-0.4, -0.2) is 16.7 Å². The Morgan fingerprint density at radius 3 is 2.29 bits per heavy atom. The normalized spacial score (nSPS) is 14.9. The molecule has 1 aliphatic rings. The number of pyridine rings is 1. The Bertz CT molecular complexity index is 2770. The van der Waals surface area contributed by atoms with E-state index in [1.165, 1.54) is 10.8 Å². The maximum absolute atomic E-state index is 6.67. The van der Waals surface area contributed by atoms with Gasteiger partial charge in [-0.3, -0.25) is 4.98 Å². The highest BCUT2D eigenvalue weighted by atomic mass is 16.3. The van der Waals surface area contributed by atoms with Crippen molar-refractivity contribution in [1.29, 1.82) is 0 Å². The Kier molecular flexibility index (Phi) is 5.84. The molecule has 6 aromatic carbocycles. The molecule has 1 aliphatic heterocycles. The Morgan fingerprint density at radius 1 is 0.562 bits per heavy atom. The zero-order valence-electron chi connectivity index (χ0n) is 25.6. The number of hydrogen-bond acceptors (Lipinski definition) is 6. The number of amidine groups is 2. The van der Waals surface area contributed by atoms with Gasteiger partial charge in [0, 0.05) is 44.4 Å². The molecule has 1 unspecified atom stereocenters. The molecule has 0 bridgehead atoms. The van der Waals surface area contributed by atoms with Crippen LogP contribution in [0, 0.1) is 0 Å². The molecule has 9 aromatic rings. The first kappa shape index (κ1) is 26.7. The van der Waals surface area contributed by atoms with Gasteiger partial charge in [0.05, 0.1) is 6.20 Å². The highest BCUT2D eigenvalue weighted by Gasteiger charge is 2.26. The SMILES string of the molecule is c1ccc(C2=NC(c3ccc4ccccc4c3)NC(c3ccc(-c4cccc5oc6ccccc6c45)c4oc5cnccc5c34)=N2)cc1. The van der Waals surface area contributed by atoms with Crippen molar-refractivity contribution in [3.05, 3.63) is 163 Å². The van der Waals surface area contributed by atoms with Gasteiger partial charge in [-0.25, -0.2) is 9.98 Å². The molecule has 4 heterocycles. The van der Waals surface area contributed by atoms with Crippen molar-refractivity contribution in [3.63, 3.8) is 0 Å². The minimum Gasteiger partial charge on any atom is -0.456 e. The summed E-state index contributed by atoms with van der Waals surface area (Å²) in [6.07, 6.45) is 3.24. The standard InChI is InChI=1S/C42H26N4O2/c1-2-10-26(11-3-1)40-44-41(28-18-17-25-9-4-5-12-27(25)23-28)46-42(45-40)33-20-19-30(39-38(33)32-21-22-43-24-36(32)48-39)29-14-8-16-35-37(29)31-13-6-7-15-34(31)47-35/h1-24,41H,(H,44,45,46). The Morgan fingerprint density at radius 2 is 1.35 bits per heavy atom. The van der Waals surface area contributed by atoms with Gasteiger partial charge in [0.25, 0.3) is 0 Å². The van der Waals surface area contributed by atoms with Crippen LogP contribution in [0.15, 0.2) is 165 Å². The van der Waals surface area contributed by atoms with Crippen LogP contribution in [0.3, 0.4) is 0 Å². The molecule has 1 atom stereocenters. The van der Waals surface area contributed by atoms with Crippen LogP contribution in [0.4, 0.5) is 0 Å². The van der Waals surface area contributed by atoms with Gasteiger partial charge >= 0.3 is 0 Å². The second kappa shape index (κ2) is 10.5. The van der Waals surface area contributed by atoms with Crippen LogP contribution < -0.4 is 5.32 Å². The first-order valence-electron chi connectivity index (χ1n) is 16.0. The average Bonchev–Trinajstić information content (AvgIpc) is 3.74. The number of aromatic nitrogens is 1. The zero-order chi connectivity index (χ0) is 31.6. The molecule has 10 rings (SSSR count). The van der Waals surface area contributed by atoms with E-state index in [1.807, 2.05) is 60.8 Å². The highest BCUT2D eigenvalue weighted by Crippen LogP contribution is 2.43. The summed E-state index contributed by atoms with van der Waals surface area (Å²) >= 11 is 0. The molecule has 6 heteroatoms. The summed E-state index contributed by atoms with van der Waals surface area (Å²) in [4.78, 5) is 14.7. The zero-order valence-corrected chi connectivity index (χ0v) is 25.6. The summed E-state index contributed by atoms with van der Waals surface area (Å²) < 4.78 is 12.9. The van der Waals surface area contributed by atoms with Crippen molar-refractivity contribution in [3.8, 4) is 11.1 Å². The van der Waals surface area contributed by atoms with Gasteiger partial charge < -0.3 is 14.2 Å². The number of aliphatic imine (C=N–C) groups is 2. The van der Waals surface area contributed by atoms with Gasteiger partial charge in [0.2, 0.25) is 0 Å². The maximum Gasteiger partial charge on any atom is 0.159 e. The van der Waals surface area contributed by atoms with Crippen molar-refractivity contribution >= 4 is 66.3 Å². The third-order valence-electron chi connectivity index (χ3n) is 9.24. The molecular weight excluding hydrogens is 592 g/mol. The molecule has 0 aliphatic carbocycles. The van der Waals surface area contributed by atoms with Crippen molar-refractivity contribution < 1.29 is 8.83 Å². The van der Waals surface area contributed by atoms with Gasteiger partial charge in [-0.05, 0) is 58.3 Å². The molecular formula is C42H26N4O2. The first-order chi connectivity index (χ1) is 23.8. The molecule has 0 amide bonds. The van der Waals surface area contributed by atoms with E-state index in [9.17, 15) is 0 Å². The number of hydrogen-bond donors (Lipinski definition) is 1. The van der Waals surface area contributed by atoms with Crippen molar-refractivity contribution in [2.45, 2.75) is 6.17 Å². The molecule has 0 radical (unpaired) electrons. The molecule has 0 saturated heterocycles. The summed E-state index contributed by atoms with van der Waals surface area (Å²) in [6, 6.07) is 45.7. The molecule has 0 saturated carbocycles. The third-order valence-corrected chi connectivity index (χ3v) is 9.24. The summed E-state index contributed by atoms with van der Waals surface area (Å²) in [5.41, 5.74) is 8.13. The van der Waals surface area contributed by atoms with E-state index in [0.29, 0.717) is 11.4 Å². The van der Waals surface area contributed by atoms with E-state index >= 15 is 0 Å². The smallest absolute Gasteiger partial charge is 0.159 e. The molecule has 3 aromatic heterocycles. The molecule has 48 heavy (non-hydrogen) atoms. The van der Waals surface area contributed by atoms with Gasteiger partial charge in [-0.2, -0.15) is 0 Å². The van der Waals surface area contributed by atoms with Gasteiger partial charge in [0.1, 0.15) is 28.8 Å². The van der Waals surface area contributed by atoms with E-state index in [0.717, 1.165) is 71.9 Å². The Hall–Kier alpha value is -6.53. The Balaban J connectivity index is 1.20. The van der Waals surface area contributed by atoms with Crippen LogP contribution in [0.1, 0.15) is 22.9 Å². The van der Waals surface area contributed by atoms with Gasteiger partial charge in [-0.1, -0.05) is 97.1 Å². The molecule has 1 N–H and O–H groups in total. The third kappa shape index (κ3) is 4.16. The van der Waals surface area contributed by atoms with Crippen molar-refractivity contribution in [2.75, 3.05) is 0 Å². The van der Waals surface area contributed by atoms with Crippen molar-refractivity contribution in [1.82, 2.24) is 10.3 Å². The number of furan rings is 2. The number of fused-ring (bicyclic) bond motifs is 7. The number of para-hydroxylation sites is 1. The number of benzene rings is 6. The fourth-order valence-corrected chi connectivity index (χ4v) is 6.99. The van der Waals surface area contributed by atoms with E-state index < -0.39 is 0 Å². The van der Waals surface area contributed by atoms with E-state index in [2.05, 4.69) is 89.2 Å². The predicted molar refractivity (Wildman–Crippen MR) is 194 cm³/mol. The fraction of sp³-hybridized carbons (Fsp3) is 0.0238. The minimum absolute atomic E-state index is 0.349. The largest absolute Gasteiger partial charge is 0.456 e. The predicted octanol–water partition coefficient (Wildman–Crippen LogP) is 10.2.